The predicted molar refractivity (Wildman–Crippen MR) is 507 cm³/mol. The first-order valence-electron chi connectivity index (χ1n) is 39.9. The van der Waals surface area contributed by atoms with Gasteiger partial charge in [-0.2, -0.15) is 0 Å². The number of imidazole rings is 5. The van der Waals surface area contributed by atoms with Crippen molar-refractivity contribution in [3.63, 3.8) is 0 Å². The number of thiophene rings is 1. The van der Waals surface area contributed by atoms with Gasteiger partial charge in [0.2, 0.25) is 0 Å². The molecule has 0 atom stereocenters. The Balaban J connectivity index is 0.000000133. The quantitative estimate of drug-likeness (QED) is 0.0223. The number of hydrogen-bond acceptors (Lipinski definition) is 17. The van der Waals surface area contributed by atoms with E-state index in [9.17, 15) is 43.5 Å². The standard InChI is InChI=1S/C21H17ClN4O2S.C16H14N6O.C16H16N4O.C16H15N3O2.C16H13N3O2.C11H8INO/c1-14-17(12-23-21(28)18-9-10-19(22)29-18)24-13-26(14)16-7-5-15(6-8-16)25-11-3-2-4-20(25)27;1-12-15(10-19-20-17)18-11-22(12)14-7-5-13(6-8-14)21-9-3-2-4-16(21)23;1-12-15(10-17)18-11-20(12)14-7-5-13(6-8-14)19-9-3-2-4-16(19)21;2*1-12-15(10-20)17-11-19(12)14-7-5-13(6-8-14)18-9-3-2-4-16(18)21;12-9-4-6-10(7-5-9)13-8-2-1-3-11(13)14/h2-11,13H,12H2,1H3,(H,23,28);2-9,11H,10H2,1H3;2-9,11H,10,17H2,1H3;2-9,11,20H,10H2,1H3;2-11H,1H3;1-8H. The molecular weight excluding hydrogens is 1790 g/mol. The molecule has 0 aliphatic heterocycles. The van der Waals surface area contributed by atoms with E-state index in [0.717, 1.165) is 118 Å². The Labute approximate surface area is 760 Å². The molecular formula is C96H83ClIN21O9S. The van der Waals surface area contributed by atoms with Gasteiger partial charge >= 0.3 is 0 Å². The zero-order valence-electron chi connectivity index (χ0n) is 70.1. The zero-order chi connectivity index (χ0) is 91.0. The van der Waals surface area contributed by atoms with Gasteiger partial charge < -0.3 is 39.0 Å². The third-order valence-corrected chi connectivity index (χ3v) is 22.4. The zero-order valence-corrected chi connectivity index (χ0v) is 73.8. The van der Waals surface area contributed by atoms with Crippen molar-refractivity contribution in [2.24, 2.45) is 10.8 Å². The molecule has 0 bridgehead atoms. The van der Waals surface area contributed by atoms with E-state index in [0.29, 0.717) is 33.7 Å². The smallest absolute Gasteiger partial charge is 0.261 e. The maximum Gasteiger partial charge on any atom is 0.261 e. The van der Waals surface area contributed by atoms with Crippen LogP contribution in [0.5, 0.6) is 0 Å². The molecule has 0 radical (unpaired) electrons. The van der Waals surface area contributed by atoms with Crippen LogP contribution < -0.4 is 44.4 Å². The number of hydrogen-bond donors (Lipinski definition) is 3. The lowest BCUT2D eigenvalue weighted by Crippen LogP contribution is -2.22. The lowest BCUT2D eigenvalue weighted by atomic mass is 10.2. The number of rotatable bonds is 19. The number of aldehydes is 1. The van der Waals surface area contributed by atoms with Crippen LogP contribution in [0.15, 0.2) is 370 Å². The highest BCUT2D eigenvalue weighted by molar-refractivity contribution is 14.1. The third kappa shape index (κ3) is 22.3. The minimum absolute atomic E-state index is 0.00583. The van der Waals surface area contributed by atoms with Crippen LogP contribution in [0.25, 0.3) is 73.0 Å². The summed E-state index contributed by atoms with van der Waals surface area (Å²) in [4.78, 5) is 118. The van der Waals surface area contributed by atoms with E-state index in [1.807, 2.05) is 239 Å². The SMILES string of the molecule is Cc1c(C=O)ncn1-c1ccc(-n2ccccc2=O)cc1.Cc1c(CN)ncn1-c1ccc(-n2ccccc2=O)cc1.Cc1c(CN=[N+]=[N-])ncn1-c1ccc(-n2ccccc2=O)cc1.Cc1c(CNC(=O)c2ccc(Cl)s2)ncn1-c1ccc(-n2ccccc2=O)cc1.Cc1c(CO)ncn1-c1ccc(-n2ccccc2=O)cc1.O=c1ccccn1-c1ccc(I)cc1. The summed E-state index contributed by atoms with van der Waals surface area (Å²) in [5.74, 6) is -0.173. The number of aliphatic hydroxyl groups is 1. The normalized spacial score (nSPS) is 10.6. The summed E-state index contributed by atoms with van der Waals surface area (Å²) < 4.78 is 20.9. The molecule has 12 aromatic heterocycles. The first-order valence-corrected chi connectivity index (χ1v) is 42.2. The average Bonchev–Trinajstić information content (AvgIpc) is 1.69. The molecule has 0 aliphatic carbocycles. The lowest BCUT2D eigenvalue weighted by Gasteiger charge is -2.09. The van der Waals surface area contributed by atoms with E-state index in [4.69, 9.17) is 22.9 Å². The number of aliphatic hydroxyl groups excluding tert-OH is 1. The van der Waals surface area contributed by atoms with Crippen molar-refractivity contribution >= 4 is 57.7 Å². The monoisotopic (exact) mass is 1870 g/mol. The van der Waals surface area contributed by atoms with Gasteiger partial charge in [0.05, 0.1) is 82.7 Å². The molecule has 646 valence electrons. The molecule has 129 heavy (non-hydrogen) atoms. The fourth-order valence-corrected chi connectivity index (χ4v) is 14.7. The number of azide groups is 1. The summed E-state index contributed by atoms with van der Waals surface area (Å²) >= 11 is 9.36. The van der Waals surface area contributed by atoms with Gasteiger partial charge in [-0.3, -0.25) is 65.8 Å². The summed E-state index contributed by atoms with van der Waals surface area (Å²) in [6.45, 7) is 10.5. The maximum absolute atomic E-state index is 12.2. The number of pyridine rings is 6. The molecule has 0 spiro atoms. The van der Waals surface area contributed by atoms with Gasteiger partial charge in [-0.05, 0) is 257 Å². The second-order valence-corrected chi connectivity index (χ2v) is 31.3. The van der Waals surface area contributed by atoms with Gasteiger partial charge in [0.25, 0.3) is 39.3 Å². The molecule has 33 heteroatoms. The summed E-state index contributed by atoms with van der Waals surface area (Å²) in [6, 6.07) is 79.8. The summed E-state index contributed by atoms with van der Waals surface area (Å²) in [7, 11) is 0. The molecule has 6 aromatic carbocycles. The molecule has 0 fully saturated rings. The van der Waals surface area contributed by atoms with Crippen molar-refractivity contribution in [1.29, 1.82) is 0 Å². The molecule has 30 nitrogen and oxygen atoms in total. The molecule has 12 heterocycles. The molecule has 4 N–H and O–H groups in total. The number of carbonyl (C=O) groups excluding carboxylic acids is 2. The van der Waals surface area contributed by atoms with Crippen LogP contribution in [0.2, 0.25) is 4.34 Å². The van der Waals surface area contributed by atoms with Crippen LogP contribution in [0.1, 0.15) is 71.4 Å². The number of nitrogens with zero attached hydrogens (tertiary/aromatic N) is 19. The second kappa shape index (κ2) is 43.2. The van der Waals surface area contributed by atoms with Crippen LogP contribution in [-0.2, 0) is 26.2 Å². The Morgan fingerprint density at radius 1 is 0.395 bits per heavy atom. The molecule has 0 unspecified atom stereocenters. The van der Waals surface area contributed by atoms with Gasteiger partial charge in [-0.25, -0.2) is 24.9 Å². The van der Waals surface area contributed by atoms with E-state index in [1.54, 1.807) is 157 Å². The molecule has 0 saturated carbocycles. The van der Waals surface area contributed by atoms with Crippen LogP contribution in [-0.4, -0.2) is 92.5 Å². The third-order valence-electron chi connectivity index (χ3n) is 20.5. The number of aromatic nitrogens is 16. The van der Waals surface area contributed by atoms with Crippen LogP contribution >= 0.6 is 45.5 Å². The Kier molecular flexibility index (Phi) is 30.4. The fourth-order valence-electron chi connectivity index (χ4n) is 13.4. The Morgan fingerprint density at radius 2 is 0.667 bits per heavy atom. The fraction of sp³-hybridized carbons (Fsp3) is 0.0938. The van der Waals surface area contributed by atoms with Crippen molar-refractivity contribution in [2.75, 3.05) is 0 Å². The van der Waals surface area contributed by atoms with Crippen LogP contribution in [0.3, 0.4) is 0 Å². The number of nitrogens with one attached hydrogen (secondary N) is 1. The van der Waals surface area contributed by atoms with Crippen molar-refractivity contribution in [2.45, 2.75) is 60.9 Å². The topological polar surface area (TPSA) is 362 Å². The summed E-state index contributed by atoms with van der Waals surface area (Å²) in [5.41, 5.74) is 31.4. The first kappa shape index (κ1) is 90.9. The second-order valence-electron chi connectivity index (χ2n) is 28.3. The number of amides is 1. The van der Waals surface area contributed by atoms with Gasteiger partial charge in [0.1, 0.15) is 12.0 Å². The molecule has 0 aliphatic rings. The van der Waals surface area contributed by atoms with E-state index in [-0.39, 0.29) is 52.4 Å². The highest BCUT2D eigenvalue weighted by Gasteiger charge is 2.17. The molecule has 18 rings (SSSR count). The van der Waals surface area contributed by atoms with Crippen LogP contribution in [0, 0.1) is 38.2 Å². The van der Waals surface area contributed by atoms with Gasteiger partial charge in [0, 0.05) is 174 Å². The Hall–Kier alpha value is -15.8. The molecule has 0 saturated heterocycles. The first-order chi connectivity index (χ1) is 62.6. The van der Waals surface area contributed by atoms with Crippen molar-refractivity contribution in [3.05, 3.63) is 478 Å². The van der Waals surface area contributed by atoms with E-state index in [2.05, 4.69) is 62.9 Å². The van der Waals surface area contributed by atoms with Crippen LogP contribution in [0.4, 0.5) is 0 Å². The average molecular weight is 1870 g/mol. The van der Waals surface area contributed by atoms with Gasteiger partial charge in [-0.1, -0.05) is 53.1 Å². The Bertz CT molecular complexity index is 7220. The molecule has 1 amide bonds. The minimum atomic E-state index is -0.173. The largest absolute Gasteiger partial charge is 0.390 e. The van der Waals surface area contributed by atoms with Crippen molar-refractivity contribution in [1.82, 2.24) is 80.5 Å². The predicted octanol–water partition coefficient (Wildman–Crippen LogP) is 15.3. The maximum atomic E-state index is 12.2. The number of halogens is 2. The van der Waals surface area contributed by atoms with E-state index in [1.165, 1.54) is 35.6 Å². The Morgan fingerprint density at radius 3 is 0.938 bits per heavy atom. The molecule has 18 aromatic rings. The van der Waals surface area contributed by atoms with Gasteiger partial charge in [0.15, 0.2) is 6.29 Å². The highest BCUT2D eigenvalue weighted by atomic mass is 127. The lowest BCUT2D eigenvalue weighted by molar-refractivity contribution is 0.0954. The van der Waals surface area contributed by atoms with Crippen molar-refractivity contribution < 1.29 is 14.7 Å². The van der Waals surface area contributed by atoms with E-state index < -0.39 is 0 Å². The van der Waals surface area contributed by atoms with Crippen molar-refractivity contribution in [3.8, 4) is 62.6 Å². The minimum Gasteiger partial charge on any atom is -0.390 e. The summed E-state index contributed by atoms with van der Waals surface area (Å²) in [6.07, 6.45) is 19.7. The number of benzene rings is 6. The summed E-state index contributed by atoms with van der Waals surface area (Å²) in [5, 5.41) is 15.6. The number of nitrogens with two attached hydrogens (primary N) is 1. The van der Waals surface area contributed by atoms with E-state index >= 15 is 0 Å². The highest BCUT2D eigenvalue weighted by Crippen LogP contribution is 2.25. The van der Waals surface area contributed by atoms with Gasteiger partial charge in [-0.15, -0.1) is 11.3 Å². The number of carbonyl (C=O) groups is 2.